The van der Waals surface area contributed by atoms with E-state index in [4.69, 9.17) is 15.6 Å². The van der Waals surface area contributed by atoms with Gasteiger partial charge in [0.15, 0.2) is 6.04 Å². The zero-order valence-corrected chi connectivity index (χ0v) is 12.2. The number of rotatable bonds is 9. The summed E-state index contributed by atoms with van der Waals surface area (Å²) in [5.74, 6) is -1.93. The highest BCUT2D eigenvalue weighted by Crippen LogP contribution is 2.46. The first-order chi connectivity index (χ1) is 10.4. The average molecular weight is 314 g/mol. The summed E-state index contributed by atoms with van der Waals surface area (Å²) in [5.41, 5.74) is 5.41. The minimum Gasteiger partial charge on any atom is -0.481 e. The Morgan fingerprint density at radius 1 is 1.18 bits per heavy atom. The van der Waals surface area contributed by atoms with Crippen LogP contribution in [0.2, 0.25) is 0 Å². The maximum absolute atomic E-state index is 12.1. The van der Waals surface area contributed by atoms with Crippen LogP contribution in [0, 0.1) is 11.8 Å². The van der Waals surface area contributed by atoms with E-state index in [-0.39, 0.29) is 6.10 Å². The van der Waals surface area contributed by atoms with Crippen LogP contribution in [0.1, 0.15) is 32.1 Å². The van der Waals surface area contributed by atoms with Gasteiger partial charge in [-0.3, -0.25) is 9.59 Å². The Bertz CT molecular complexity index is 435. The molecule has 0 aromatic carbocycles. The fourth-order valence-electron chi connectivity index (χ4n) is 2.38. The lowest BCUT2D eigenvalue weighted by molar-refractivity contribution is -0.156. The van der Waals surface area contributed by atoms with Crippen molar-refractivity contribution < 1.29 is 29.3 Å². The number of carboxylic acids is 1. The fourth-order valence-corrected chi connectivity index (χ4v) is 2.38. The van der Waals surface area contributed by atoms with E-state index in [1.165, 1.54) is 0 Å². The van der Waals surface area contributed by atoms with Crippen LogP contribution in [-0.4, -0.2) is 52.9 Å². The molecule has 2 atom stereocenters. The molecule has 0 bridgehead atoms. The van der Waals surface area contributed by atoms with Crippen LogP contribution in [-0.2, 0) is 19.1 Å². The van der Waals surface area contributed by atoms with Crippen LogP contribution < -0.4 is 11.1 Å². The summed E-state index contributed by atoms with van der Waals surface area (Å²) in [5, 5.41) is 20.1. The minimum absolute atomic E-state index is 0.133. The Labute approximate surface area is 128 Å². The third kappa shape index (κ3) is 4.67. The molecule has 0 spiro atoms. The van der Waals surface area contributed by atoms with Gasteiger partial charge in [-0.05, 0) is 37.5 Å². The van der Waals surface area contributed by atoms with Gasteiger partial charge in [-0.25, -0.2) is 4.79 Å². The van der Waals surface area contributed by atoms with Crippen LogP contribution >= 0.6 is 0 Å². The Kier molecular flexibility index (Phi) is 5.36. The molecule has 2 fully saturated rings. The summed E-state index contributed by atoms with van der Waals surface area (Å²) in [6.45, 7) is -0.619. The minimum atomic E-state index is -1.28. The van der Waals surface area contributed by atoms with Crippen molar-refractivity contribution in [2.24, 2.45) is 17.6 Å². The first-order valence-electron chi connectivity index (χ1n) is 7.51. The lowest BCUT2D eigenvalue weighted by Crippen LogP contribution is -2.51. The van der Waals surface area contributed by atoms with Crippen molar-refractivity contribution in [3.63, 3.8) is 0 Å². The van der Waals surface area contributed by atoms with Crippen LogP contribution in [0.25, 0.3) is 0 Å². The van der Waals surface area contributed by atoms with Gasteiger partial charge in [-0.2, -0.15) is 0 Å². The van der Waals surface area contributed by atoms with Crippen molar-refractivity contribution in [1.29, 1.82) is 0 Å². The predicted molar refractivity (Wildman–Crippen MR) is 74.6 cm³/mol. The van der Waals surface area contributed by atoms with Gasteiger partial charge in [0.2, 0.25) is 5.91 Å². The standard InChI is InChI=1S/C14H22N2O6/c15-9(5-11(18)19)13(20)16-10(6-17)14(21)22-12(7-1-2-7)8-3-4-8/h7-10,12,17H,1-6,15H2,(H,16,20)(H,18,19)/t9-,10-/m0/s1. The molecule has 2 saturated carbocycles. The third-order valence-electron chi connectivity index (χ3n) is 3.94. The van der Waals surface area contributed by atoms with E-state index in [2.05, 4.69) is 5.32 Å². The number of amides is 1. The van der Waals surface area contributed by atoms with Gasteiger partial charge in [0.05, 0.1) is 19.1 Å². The zero-order valence-electron chi connectivity index (χ0n) is 12.2. The van der Waals surface area contributed by atoms with Gasteiger partial charge >= 0.3 is 11.9 Å². The Balaban J connectivity index is 1.85. The lowest BCUT2D eigenvalue weighted by atomic mass is 10.1. The number of ether oxygens (including phenoxy) is 1. The van der Waals surface area contributed by atoms with Crippen LogP contribution in [0.3, 0.4) is 0 Å². The molecule has 22 heavy (non-hydrogen) atoms. The second-order valence-corrected chi connectivity index (χ2v) is 6.02. The molecule has 0 aliphatic heterocycles. The number of hydrogen-bond acceptors (Lipinski definition) is 6. The van der Waals surface area contributed by atoms with Crippen LogP contribution in [0.5, 0.6) is 0 Å². The van der Waals surface area contributed by atoms with Crippen molar-refractivity contribution in [1.82, 2.24) is 5.32 Å². The van der Waals surface area contributed by atoms with E-state index in [1.807, 2.05) is 0 Å². The molecule has 0 aromatic rings. The van der Waals surface area contributed by atoms with Crippen molar-refractivity contribution in [3.8, 4) is 0 Å². The lowest BCUT2D eigenvalue weighted by Gasteiger charge is -2.22. The summed E-state index contributed by atoms with van der Waals surface area (Å²) in [4.78, 5) is 34.3. The second-order valence-electron chi connectivity index (χ2n) is 6.02. The quantitative estimate of drug-likeness (QED) is 0.400. The number of aliphatic hydroxyl groups excluding tert-OH is 1. The maximum Gasteiger partial charge on any atom is 0.331 e. The molecular weight excluding hydrogens is 292 g/mol. The summed E-state index contributed by atoms with van der Waals surface area (Å²) >= 11 is 0. The highest BCUT2D eigenvalue weighted by molar-refractivity contribution is 5.89. The second kappa shape index (κ2) is 7.06. The molecule has 124 valence electrons. The molecule has 0 saturated heterocycles. The molecule has 2 aliphatic carbocycles. The number of aliphatic carboxylic acids is 1. The van der Waals surface area contributed by atoms with Crippen molar-refractivity contribution >= 4 is 17.8 Å². The molecule has 0 aromatic heterocycles. The van der Waals surface area contributed by atoms with E-state index in [0.717, 1.165) is 25.7 Å². The maximum atomic E-state index is 12.1. The Morgan fingerprint density at radius 2 is 1.73 bits per heavy atom. The summed E-state index contributed by atoms with van der Waals surface area (Å²) < 4.78 is 5.44. The largest absolute Gasteiger partial charge is 0.481 e. The molecule has 1 amide bonds. The van der Waals surface area contributed by atoms with Gasteiger partial charge in [0.25, 0.3) is 0 Å². The molecular formula is C14H22N2O6. The van der Waals surface area contributed by atoms with Gasteiger partial charge in [-0.1, -0.05) is 0 Å². The molecule has 0 heterocycles. The summed E-state index contributed by atoms with van der Waals surface area (Å²) in [7, 11) is 0. The first-order valence-corrected chi connectivity index (χ1v) is 7.51. The van der Waals surface area contributed by atoms with E-state index in [1.54, 1.807) is 0 Å². The van der Waals surface area contributed by atoms with E-state index < -0.39 is 43.0 Å². The van der Waals surface area contributed by atoms with E-state index in [0.29, 0.717) is 11.8 Å². The van der Waals surface area contributed by atoms with E-state index >= 15 is 0 Å². The third-order valence-corrected chi connectivity index (χ3v) is 3.94. The molecule has 8 heteroatoms. The van der Waals surface area contributed by atoms with E-state index in [9.17, 15) is 19.5 Å². The van der Waals surface area contributed by atoms with Crippen LogP contribution in [0.4, 0.5) is 0 Å². The molecule has 2 rings (SSSR count). The number of carbonyl (C=O) groups excluding carboxylic acids is 2. The monoisotopic (exact) mass is 314 g/mol. The molecule has 0 unspecified atom stereocenters. The number of carbonyl (C=O) groups is 3. The Morgan fingerprint density at radius 3 is 2.14 bits per heavy atom. The number of aliphatic hydroxyl groups is 1. The zero-order chi connectivity index (χ0) is 16.3. The first kappa shape index (κ1) is 16.7. The van der Waals surface area contributed by atoms with Crippen molar-refractivity contribution in [2.75, 3.05) is 6.61 Å². The average Bonchev–Trinajstić information content (AvgIpc) is 3.33. The summed E-state index contributed by atoms with van der Waals surface area (Å²) in [6, 6.07) is -2.49. The topological polar surface area (TPSA) is 139 Å². The van der Waals surface area contributed by atoms with Gasteiger partial charge < -0.3 is 26.0 Å². The SMILES string of the molecule is N[C@@H](CC(=O)O)C(=O)N[C@@H](CO)C(=O)OC(C1CC1)C1CC1. The van der Waals surface area contributed by atoms with Crippen molar-refractivity contribution in [3.05, 3.63) is 0 Å². The van der Waals surface area contributed by atoms with Gasteiger partial charge in [0.1, 0.15) is 6.10 Å². The smallest absolute Gasteiger partial charge is 0.331 e. The van der Waals surface area contributed by atoms with Gasteiger partial charge in [0, 0.05) is 0 Å². The molecule has 8 nitrogen and oxygen atoms in total. The summed E-state index contributed by atoms with van der Waals surface area (Å²) in [6.07, 6.45) is 3.46. The molecule has 5 N–H and O–H groups in total. The number of hydrogen-bond donors (Lipinski definition) is 4. The number of esters is 1. The fraction of sp³-hybridized carbons (Fsp3) is 0.786. The molecule has 2 aliphatic rings. The highest BCUT2D eigenvalue weighted by atomic mass is 16.5. The Hall–Kier alpha value is -1.67. The highest BCUT2D eigenvalue weighted by Gasteiger charge is 2.44. The predicted octanol–water partition coefficient (Wildman–Crippen LogP) is -1.00. The van der Waals surface area contributed by atoms with Crippen LogP contribution in [0.15, 0.2) is 0 Å². The normalized spacial score (nSPS) is 20.3. The number of nitrogens with two attached hydrogens (primary N) is 1. The van der Waals surface area contributed by atoms with Gasteiger partial charge in [-0.15, -0.1) is 0 Å². The number of carboxylic acid groups (broad SMARTS) is 1. The number of nitrogens with one attached hydrogen (secondary N) is 1. The molecule has 0 radical (unpaired) electrons. The van der Waals surface area contributed by atoms with Crippen molar-refractivity contribution in [2.45, 2.75) is 50.3 Å².